The highest BCUT2D eigenvalue weighted by atomic mass is 35.5. The Balaban J connectivity index is 2.02. The highest BCUT2D eigenvalue weighted by Crippen LogP contribution is 2.30. The maximum Gasteiger partial charge on any atom is 0.270 e. The average Bonchev–Trinajstić information content (AvgIpc) is 2.78. The molecule has 2 rings (SSSR count). The zero-order valence-corrected chi connectivity index (χ0v) is 20.7. The van der Waals surface area contributed by atoms with Gasteiger partial charge in [0.05, 0.1) is 11.4 Å². The molecule has 0 spiro atoms. The number of aliphatic hydroxyl groups excluding tert-OH is 3. The van der Waals surface area contributed by atoms with Crippen molar-refractivity contribution >= 4 is 29.3 Å². The van der Waals surface area contributed by atoms with Crippen molar-refractivity contribution in [3.8, 4) is 0 Å². The molecule has 2 heterocycles. The average molecular weight is 489 g/mol. The number of aromatic nitrogens is 1. The molecule has 4 N–H and O–H groups in total. The molecule has 1 amide bonds. The van der Waals surface area contributed by atoms with Gasteiger partial charge in [0.15, 0.2) is 0 Å². The van der Waals surface area contributed by atoms with Gasteiger partial charge in [-0.15, -0.1) is 23.4 Å². The first kappa shape index (κ1) is 27.3. The Hall–Kier alpha value is -0.900. The van der Waals surface area contributed by atoms with E-state index in [-0.39, 0.29) is 5.69 Å². The summed E-state index contributed by atoms with van der Waals surface area (Å²) in [4.78, 5) is 17.1. The molecule has 32 heavy (non-hydrogen) atoms. The molecule has 0 aliphatic carbocycles. The fourth-order valence-corrected chi connectivity index (χ4v) is 4.80. The molecule has 1 fully saturated rings. The number of nitrogens with zero attached hydrogens (tertiary/aromatic N) is 1. The Kier molecular flexibility index (Phi) is 11.7. The van der Waals surface area contributed by atoms with Gasteiger partial charge in [-0.1, -0.05) is 39.0 Å². The molecule has 1 aliphatic heterocycles. The Morgan fingerprint density at radius 1 is 1.19 bits per heavy atom. The second kappa shape index (κ2) is 13.7. The summed E-state index contributed by atoms with van der Waals surface area (Å²) in [5.41, 5.74) is 0.571. The molecule has 1 aliphatic rings. The first-order chi connectivity index (χ1) is 15.3. The van der Waals surface area contributed by atoms with E-state index < -0.39 is 47.2 Å². The van der Waals surface area contributed by atoms with Gasteiger partial charge in [-0.3, -0.25) is 9.78 Å². The topological polar surface area (TPSA) is 112 Å². The molecule has 7 nitrogen and oxygen atoms in total. The highest BCUT2D eigenvalue weighted by molar-refractivity contribution is 7.99. The SMILES string of the molecule is CCCCCCCCc1ccnc(C(=O)NC(C(C)Cl)C2OC(SC)C(O)C(O)C2O)c1. The maximum absolute atomic E-state index is 12.9. The van der Waals surface area contributed by atoms with Crippen LogP contribution in [-0.2, 0) is 11.2 Å². The van der Waals surface area contributed by atoms with Gasteiger partial charge in [0.1, 0.15) is 35.5 Å². The van der Waals surface area contributed by atoms with Gasteiger partial charge in [-0.2, -0.15) is 0 Å². The standard InChI is InChI=1S/C23H37ClN2O5S/c1-4-5-6-7-8-9-10-15-11-12-25-16(13-15)22(30)26-17(14(2)24)21-19(28)18(27)20(29)23(31-21)32-3/h11-14,17-21,23,27-29H,4-10H2,1-3H3,(H,26,30). The summed E-state index contributed by atoms with van der Waals surface area (Å²) in [6.45, 7) is 3.88. The quantitative estimate of drug-likeness (QED) is 0.264. The molecule has 1 aromatic heterocycles. The number of alkyl halides is 1. The zero-order valence-electron chi connectivity index (χ0n) is 19.1. The molecule has 9 heteroatoms. The minimum absolute atomic E-state index is 0.267. The van der Waals surface area contributed by atoms with Crippen LogP contribution in [0.1, 0.15) is 68.4 Å². The molecule has 0 saturated carbocycles. The Morgan fingerprint density at radius 3 is 2.53 bits per heavy atom. The lowest BCUT2D eigenvalue weighted by atomic mass is 9.93. The number of amides is 1. The molecule has 0 aromatic carbocycles. The van der Waals surface area contributed by atoms with E-state index in [0.29, 0.717) is 0 Å². The summed E-state index contributed by atoms with van der Waals surface area (Å²) in [6.07, 6.45) is 6.43. The number of hydrogen-bond acceptors (Lipinski definition) is 7. The first-order valence-corrected chi connectivity index (χ1v) is 13.1. The van der Waals surface area contributed by atoms with Gasteiger partial charge in [0.2, 0.25) is 0 Å². The lowest BCUT2D eigenvalue weighted by Gasteiger charge is -2.43. The molecule has 0 bridgehead atoms. The number of unbranched alkanes of at least 4 members (excludes halogenated alkanes) is 5. The Bertz CT molecular complexity index is 709. The molecule has 7 unspecified atom stereocenters. The van der Waals surface area contributed by atoms with Gasteiger partial charge in [-0.05, 0) is 43.7 Å². The number of nitrogens with one attached hydrogen (secondary N) is 1. The summed E-state index contributed by atoms with van der Waals surface area (Å²) in [6, 6.07) is 2.90. The van der Waals surface area contributed by atoms with Crippen molar-refractivity contribution in [2.24, 2.45) is 0 Å². The van der Waals surface area contributed by atoms with E-state index in [1.54, 1.807) is 25.4 Å². The number of pyridine rings is 1. The molecule has 182 valence electrons. The van der Waals surface area contributed by atoms with Crippen molar-refractivity contribution in [2.75, 3.05) is 6.26 Å². The van der Waals surface area contributed by atoms with Crippen molar-refractivity contribution in [3.05, 3.63) is 29.6 Å². The minimum atomic E-state index is -1.40. The molecular weight excluding hydrogens is 452 g/mol. The van der Waals surface area contributed by atoms with E-state index in [2.05, 4.69) is 17.2 Å². The van der Waals surface area contributed by atoms with Crippen LogP contribution in [0.3, 0.4) is 0 Å². The molecule has 0 radical (unpaired) electrons. The monoisotopic (exact) mass is 488 g/mol. The second-order valence-corrected chi connectivity index (χ2v) is 10.0. The molecule has 1 saturated heterocycles. The first-order valence-electron chi connectivity index (χ1n) is 11.4. The summed E-state index contributed by atoms with van der Waals surface area (Å²) in [5.74, 6) is -0.426. The van der Waals surface area contributed by atoms with Crippen LogP contribution in [0.2, 0.25) is 0 Å². The fourth-order valence-electron chi connectivity index (χ4n) is 3.91. The normalized spacial score (nSPS) is 27.7. The smallest absolute Gasteiger partial charge is 0.270 e. The fraction of sp³-hybridized carbons (Fsp3) is 0.739. The maximum atomic E-state index is 12.9. The second-order valence-electron chi connectivity index (χ2n) is 8.42. The van der Waals surface area contributed by atoms with Crippen LogP contribution in [-0.4, -0.2) is 73.7 Å². The summed E-state index contributed by atoms with van der Waals surface area (Å²) in [5, 5.41) is 33.0. The van der Waals surface area contributed by atoms with Crippen molar-refractivity contribution in [1.82, 2.24) is 10.3 Å². The van der Waals surface area contributed by atoms with E-state index in [9.17, 15) is 20.1 Å². The van der Waals surface area contributed by atoms with E-state index in [4.69, 9.17) is 16.3 Å². The Morgan fingerprint density at radius 2 is 1.88 bits per heavy atom. The third-order valence-corrected chi connectivity index (χ3v) is 6.99. The lowest BCUT2D eigenvalue weighted by Crippen LogP contribution is -2.64. The van der Waals surface area contributed by atoms with Crippen molar-refractivity contribution in [3.63, 3.8) is 0 Å². The van der Waals surface area contributed by atoms with Crippen LogP contribution in [0.4, 0.5) is 0 Å². The van der Waals surface area contributed by atoms with Crippen LogP contribution in [0.5, 0.6) is 0 Å². The number of thioether (sulfide) groups is 1. The van der Waals surface area contributed by atoms with E-state index in [1.165, 1.54) is 37.4 Å². The number of carbonyl (C=O) groups is 1. The number of hydrogen-bond donors (Lipinski definition) is 4. The van der Waals surface area contributed by atoms with Gasteiger partial charge in [0.25, 0.3) is 5.91 Å². The number of rotatable bonds is 12. The van der Waals surface area contributed by atoms with E-state index >= 15 is 0 Å². The van der Waals surface area contributed by atoms with Crippen LogP contribution < -0.4 is 5.32 Å². The number of carbonyl (C=O) groups excluding carboxylic acids is 1. The largest absolute Gasteiger partial charge is 0.388 e. The van der Waals surface area contributed by atoms with Crippen LogP contribution >= 0.6 is 23.4 Å². The third kappa shape index (κ3) is 7.57. The van der Waals surface area contributed by atoms with Crippen molar-refractivity contribution < 1.29 is 24.9 Å². The summed E-state index contributed by atoms with van der Waals surface area (Å²) < 4.78 is 5.79. The van der Waals surface area contributed by atoms with Crippen LogP contribution in [0.25, 0.3) is 0 Å². The van der Waals surface area contributed by atoms with Crippen molar-refractivity contribution in [1.29, 1.82) is 0 Å². The molecular formula is C23H37ClN2O5S. The van der Waals surface area contributed by atoms with Gasteiger partial charge >= 0.3 is 0 Å². The number of halogens is 1. The van der Waals surface area contributed by atoms with Gasteiger partial charge in [-0.25, -0.2) is 0 Å². The zero-order chi connectivity index (χ0) is 23.7. The predicted octanol–water partition coefficient (Wildman–Crippen LogP) is 2.88. The number of aryl methyl sites for hydroxylation is 1. The van der Waals surface area contributed by atoms with Crippen LogP contribution in [0.15, 0.2) is 18.3 Å². The van der Waals surface area contributed by atoms with Gasteiger partial charge in [0, 0.05) is 6.20 Å². The summed E-state index contributed by atoms with van der Waals surface area (Å²) >= 11 is 7.54. The summed E-state index contributed by atoms with van der Waals surface area (Å²) in [7, 11) is 0. The van der Waals surface area contributed by atoms with E-state index in [1.807, 2.05) is 6.07 Å². The van der Waals surface area contributed by atoms with Crippen LogP contribution in [0, 0.1) is 0 Å². The number of aliphatic hydroxyl groups is 3. The van der Waals surface area contributed by atoms with E-state index in [0.717, 1.165) is 24.8 Å². The Labute approximate surface area is 200 Å². The highest BCUT2D eigenvalue weighted by Gasteiger charge is 2.47. The third-order valence-electron chi connectivity index (χ3n) is 5.86. The molecule has 7 atom stereocenters. The lowest BCUT2D eigenvalue weighted by molar-refractivity contribution is -0.204. The minimum Gasteiger partial charge on any atom is -0.388 e. The molecule has 1 aromatic rings. The number of ether oxygens (including phenoxy) is 1. The van der Waals surface area contributed by atoms with Gasteiger partial charge < -0.3 is 25.4 Å². The predicted molar refractivity (Wildman–Crippen MR) is 128 cm³/mol. The van der Waals surface area contributed by atoms with Crippen molar-refractivity contribution in [2.45, 2.75) is 100 Å².